The highest BCUT2D eigenvalue weighted by Crippen LogP contribution is 2.26. The Labute approximate surface area is 350 Å². The number of hydrogen-bond acceptors (Lipinski definition) is 5. The van der Waals surface area contributed by atoms with Crippen molar-refractivity contribution in [2.45, 2.75) is 143 Å². The van der Waals surface area contributed by atoms with E-state index in [9.17, 15) is 0 Å². The maximum atomic E-state index is 5.56. The molecule has 57 heavy (non-hydrogen) atoms. The molecule has 0 unspecified atom stereocenters. The number of aromatic nitrogens is 4. The molecule has 7 rings (SSSR count). The van der Waals surface area contributed by atoms with Gasteiger partial charge in [0.05, 0.1) is 11.4 Å². The fraction of sp³-hybridized carbons (Fsp3) is 0.490. The van der Waals surface area contributed by atoms with Crippen LogP contribution in [0.25, 0.3) is 12.2 Å². The molecule has 0 atom stereocenters. The second kappa shape index (κ2) is 27.5. The van der Waals surface area contributed by atoms with Gasteiger partial charge in [0, 0.05) is 37.3 Å². The van der Waals surface area contributed by atoms with Crippen molar-refractivity contribution in [3.05, 3.63) is 130 Å². The lowest BCUT2D eigenvalue weighted by Crippen LogP contribution is -2.03. The Balaban J connectivity index is 0.000000172. The van der Waals surface area contributed by atoms with E-state index in [0.29, 0.717) is 17.6 Å². The van der Waals surface area contributed by atoms with E-state index >= 15 is 0 Å². The fourth-order valence-electron chi connectivity index (χ4n) is 7.27. The van der Waals surface area contributed by atoms with Gasteiger partial charge in [-0.05, 0) is 134 Å². The lowest BCUT2D eigenvalue weighted by molar-refractivity contribution is 0.420. The molecule has 3 aliphatic carbocycles. The molecule has 0 amide bonds. The number of hydrogen-bond donors (Lipinski definition) is 1. The molecule has 3 saturated carbocycles. The summed E-state index contributed by atoms with van der Waals surface area (Å²) >= 11 is 5.56. The molecule has 4 aromatic heterocycles. The SMILES string of the molecule is CCc1ccc(/C=C\C2CCCCC2)nc1.CCc1ccc(C#CC2CCCCC2)nc1.CCc1ccc(Cl)nc1.NCc1ccc(/C=C\C2CCCCC2)nc1. The Morgan fingerprint density at radius 1 is 0.544 bits per heavy atom. The Hall–Kier alpha value is -4.11. The van der Waals surface area contributed by atoms with Gasteiger partial charge in [0.15, 0.2) is 0 Å². The first-order valence-electron chi connectivity index (χ1n) is 22.0. The van der Waals surface area contributed by atoms with Crippen LogP contribution in [0.15, 0.2) is 85.5 Å². The van der Waals surface area contributed by atoms with Gasteiger partial charge in [0.2, 0.25) is 0 Å². The quantitative estimate of drug-likeness (QED) is 0.142. The molecule has 304 valence electrons. The fourth-order valence-corrected chi connectivity index (χ4v) is 7.38. The first-order valence-corrected chi connectivity index (χ1v) is 22.4. The smallest absolute Gasteiger partial charge is 0.129 e. The van der Waals surface area contributed by atoms with Gasteiger partial charge in [-0.1, -0.05) is 132 Å². The van der Waals surface area contributed by atoms with E-state index in [1.54, 1.807) is 12.3 Å². The van der Waals surface area contributed by atoms with Crippen LogP contribution in [0.4, 0.5) is 0 Å². The number of rotatable bonds is 8. The highest BCUT2D eigenvalue weighted by molar-refractivity contribution is 6.29. The van der Waals surface area contributed by atoms with Crippen molar-refractivity contribution in [3.63, 3.8) is 0 Å². The van der Waals surface area contributed by atoms with Crippen molar-refractivity contribution in [1.82, 2.24) is 19.9 Å². The van der Waals surface area contributed by atoms with Crippen molar-refractivity contribution < 1.29 is 0 Å². The summed E-state index contributed by atoms with van der Waals surface area (Å²) in [6.07, 6.45) is 40.2. The van der Waals surface area contributed by atoms with Gasteiger partial charge >= 0.3 is 0 Å². The van der Waals surface area contributed by atoms with Gasteiger partial charge in [-0.25, -0.2) is 9.97 Å². The van der Waals surface area contributed by atoms with Crippen molar-refractivity contribution >= 4 is 23.8 Å². The molecule has 4 heterocycles. The van der Waals surface area contributed by atoms with Gasteiger partial charge < -0.3 is 5.73 Å². The van der Waals surface area contributed by atoms with Gasteiger partial charge in [0.1, 0.15) is 10.8 Å². The van der Waals surface area contributed by atoms with Crippen LogP contribution in [0, 0.1) is 29.6 Å². The predicted molar refractivity (Wildman–Crippen MR) is 243 cm³/mol. The zero-order valence-electron chi connectivity index (χ0n) is 35.1. The van der Waals surface area contributed by atoms with E-state index in [2.05, 4.69) is 95.1 Å². The number of aryl methyl sites for hydroxylation is 3. The molecule has 0 spiro atoms. The minimum absolute atomic E-state index is 0.562. The lowest BCUT2D eigenvalue weighted by Gasteiger charge is -2.17. The third-order valence-corrected chi connectivity index (χ3v) is 11.4. The first kappa shape index (κ1) is 45.6. The molecule has 0 aromatic carbocycles. The molecular weight excluding hydrogens is 718 g/mol. The van der Waals surface area contributed by atoms with Crippen molar-refractivity contribution in [2.24, 2.45) is 23.5 Å². The number of allylic oxidation sites excluding steroid dienone is 2. The number of pyridine rings is 4. The van der Waals surface area contributed by atoms with Crippen LogP contribution in [0.2, 0.25) is 5.15 Å². The van der Waals surface area contributed by atoms with Crippen molar-refractivity contribution in [2.75, 3.05) is 0 Å². The largest absolute Gasteiger partial charge is 0.326 e. The van der Waals surface area contributed by atoms with Crippen LogP contribution in [0.1, 0.15) is 156 Å². The summed E-state index contributed by atoms with van der Waals surface area (Å²) in [5.41, 5.74) is 13.5. The molecule has 3 aliphatic rings. The summed E-state index contributed by atoms with van der Waals surface area (Å²) in [5, 5.41) is 0.562. The van der Waals surface area contributed by atoms with Crippen LogP contribution < -0.4 is 5.73 Å². The maximum Gasteiger partial charge on any atom is 0.129 e. The molecule has 5 nitrogen and oxygen atoms in total. The molecule has 0 bridgehead atoms. The Bertz CT molecular complexity index is 1680. The maximum absolute atomic E-state index is 5.56. The van der Waals surface area contributed by atoms with E-state index < -0.39 is 0 Å². The van der Waals surface area contributed by atoms with E-state index in [0.717, 1.165) is 53.7 Å². The van der Waals surface area contributed by atoms with Gasteiger partial charge in [0.25, 0.3) is 0 Å². The Morgan fingerprint density at radius 2 is 0.982 bits per heavy atom. The van der Waals surface area contributed by atoms with Crippen molar-refractivity contribution in [3.8, 4) is 11.8 Å². The number of nitrogens with zero attached hydrogens (tertiary/aromatic N) is 4. The van der Waals surface area contributed by atoms with E-state index in [1.165, 1.54) is 113 Å². The zero-order chi connectivity index (χ0) is 40.3. The second-order valence-corrected chi connectivity index (χ2v) is 16.0. The van der Waals surface area contributed by atoms with Gasteiger partial charge in [-0.2, -0.15) is 0 Å². The molecular formula is C51H68ClN5. The number of nitrogens with two attached hydrogens (primary N) is 1. The highest BCUT2D eigenvalue weighted by Gasteiger charge is 2.11. The summed E-state index contributed by atoms with van der Waals surface area (Å²) in [7, 11) is 0. The van der Waals surface area contributed by atoms with Gasteiger partial charge in [-0.15, -0.1) is 0 Å². The minimum atomic E-state index is 0.562. The summed E-state index contributed by atoms with van der Waals surface area (Å²) in [6, 6.07) is 16.3. The molecule has 2 N–H and O–H groups in total. The summed E-state index contributed by atoms with van der Waals surface area (Å²) in [4.78, 5) is 17.1. The minimum Gasteiger partial charge on any atom is -0.326 e. The van der Waals surface area contributed by atoms with Gasteiger partial charge in [-0.3, -0.25) is 9.97 Å². The Morgan fingerprint density at radius 3 is 1.39 bits per heavy atom. The topological polar surface area (TPSA) is 77.6 Å². The first-order chi connectivity index (χ1) is 28.0. The molecule has 0 saturated heterocycles. The van der Waals surface area contributed by atoms with E-state index in [1.807, 2.05) is 42.9 Å². The van der Waals surface area contributed by atoms with Crippen LogP contribution in [0.3, 0.4) is 0 Å². The summed E-state index contributed by atoms with van der Waals surface area (Å²) in [5.74, 6) is 8.74. The average Bonchev–Trinajstić information content (AvgIpc) is 3.29. The summed E-state index contributed by atoms with van der Waals surface area (Å²) in [6.45, 7) is 6.96. The van der Waals surface area contributed by atoms with Crippen LogP contribution in [-0.2, 0) is 25.8 Å². The predicted octanol–water partition coefficient (Wildman–Crippen LogP) is 13.2. The van der Waals surface area contributed by atoms with Crippen LogP contribution in [-0.4, -0.2) is 19.9 Å². The summed E-state index contributed by atoms with van der Waals surface area (Å²) < 4.78 is 0. The van der Waals surface area contributed by atoms with E-state index in [-0.39, 0.29) is 0 Å². The third-order valence-electron chi connectivity index (χ3n) is 11.2. The zero-order valence-corrected chi connectivity index (χ0v) is 35.9. The number of halogens is 1. The molecule has 0 radical (unpaired) electrons. The average molecular weight is 787 g/mol. The molecule has 4 aromatic rings. The molecule has 6 heteroatoms. The second-order valence-electron chi connectivity index (χ2n) is 15.6. The van der Waals surface area contributed by atoms with Crippen LogP contribution >= 0.6 is 11.6 Å². The van der Waals surface area contributed by atoms with Crippen LogP contribution in [0.5, 0.6) is 0 Å². The lowest BCUT2D eigenvalue weighted by atomic mass is 9.89. The van der Waals surface area contributed by atoms with E-state index in [4.69, 9.17) is 17.3 Å². The third kappa shape index (κ3) is 18.8. The Kier molecular flexibility index (Phi) is 22.0. The highest BCUT2D eigenvalue weighted by atomic mass is 35.5. The molecule has 3 fully saturated rings. The molecule has 0 aliphatic heterocycles. The monoisotopic (exact) mass is 786 g/mol. The van der Waals surface area contributed by atoms with Crippen molar-refractivity contribution in [1.29, 1.82) is 0 Å². The normalized spacial score (nSPS) is 16.3. The standard InChI is InChI=1S/C15H21N.C15H19N.C14H20N2.C7H8ClN/c2*1-2-13-8-10-15(16-12-13)11-9-14-6-4-3-5-7-14;15-10-13-7-9-14(16-11-13)8-6-12-4-2-1-3-5-12;1-2-6-3-4-7(8)9-5-6/h8-12,14H,2-7H2,1H3;8,10,12,14H,2-7H2,1H3;6-9,11-12H,1-5,10,15H2;3-5H,2H2,1H3/b11-9-;;8-6-;.